The second-order valence-corrected chi connectivity index (χ2v) is 6.94. The fourth-order valence-electron chi connectivity index (χ4n) is 3.26. The van der Waals surface area contributed by atoms with Gasteiger partial charge in [-0.3, -0.25) is 9.69 Å². The van der Waals surface area contributed by atoms with Crippen LogP contribution in [0.25, 0.3) is 6.08 Å². The number of morpholine rings is 1. The van der Waals surface area contributed by atoms with Crippen molar-refractivity contribution < 1.29 is 19.0 Å². The summed E-state index contributed by atoms with van der Waals surface area (Å²) in [5.74, 6) is 1.20. The van der Waals surface area contributed by atoms with Gasteiger partial charge in [-0.05, 0) is 29.3 Å². The van der Waals surface area contributed by atoms with Gasteiger partial charge in [0.1, 0.15) is 11.5 Å². The minimum Gasteiger partial charge on any atom is -0.497 e. The third-order valence-electron chi connectivity index (χ3n) is 4.78. The number of carbonyl (C=O) groups excluding carboxylic acids is 1. The molecule has 1 aliphatic rings. The van der Waals surface area contributed by atoms with Gasteiger partial charge in [0, 0.05) is 38.3 Å². The van der Waals surface area contributed by atoms with Gasteiger partial charge in [-0.1, -0.05) is 30.3 Å². The molecule has 29 heavy (non-hydrogen) atoms. The number of benzene rings is 2. The fraction of sp³-hybridized carbons (Fsp3) is 0.348. The van der Waals surface area contributed by atoms with Crippen LogP contribution in [0.5, 0.6) is 11.5 Å². The second kappa shape index (κ2) is 10.6. The Kier molecular flexibility index (Phi) is 7.67. The van der Waals surface area contributed by atoms with E-state index in [1.807, 2.05) is 18.2 Å². The van der Waals surface area contributed by atoms with E-state index in [0.717, 1.165) is 25.2 Å². The number of nitrogens with zero attached hydrogens (tertiary/aromatic N) is 1. The molecule has 0 spiro atoms. The Hall–Kier alpha value is -2.83. The molecule has 1 aliphatic heterocycles. The highest BCUT2D eigenvalue weighted by atomic mass is 16.5. The third kappa shape index (κ3) is 6.62. The average Bonchev–Trinajstić information content (AvgIpc) is 2.77. The van der Waals surface area contributed by atoms with Crippen LogP contribution in [-0.4, -0.2) is 57.4 Å². The van der Waals surface area contributed by atoms with Crippen LogP contribution in [0.1, 0.15) is 11.1 Å². The average molecular weight is 396 g/mol. The van der Waals surface area contributed by atoms with E-state index in [2.05, 4.69) is 34.5 Å². The third-order valence-corrected chi connectivity index (χ3v) is 4.78. The molecule has 0 saturated carbocycles. The van der Waals surface area contributed by atoms with Crippen molar-refractivity contribution in [1.29, 1.82) is 0 Å². The van der Waals surface area contributed by atoms with Crippen LogP contribution in [0, 0.1) is 0 Å². The topological polar surface area (TPSA) is 60.0 Å². The number of hydrogen-bond acceptors (Lipinski definition) is 5. The molecular formula is C23H28N2O4. The Morgan fingerprint density at radius 3 is 2.59 bits per heavy atom. The van der Waals surface area contributed by atoms with Gasteiger partial charge in [0.05, 0.1) is 26.9 Å². The molecule has 1 fully saturated rings. The standard InChI is InChI=1S/C23H28N2O4/c1-27-20-12-19(13-21(14-20)28-2)8-9-23(26)24-15-22-17-25(10-11-29-22)16-18-6-4-3-5-7-18/h3-9,12-14,22H,10-11,15-17H2,1-2H3,(H,24,26)/b9-8+. The van der Waals surface area contributed by atoms with Crippen molar-refractivity contribution in [2.75, 3.05) is 40.5 Å². The first-order chi connectivity index (χ1) is 14.2. The minimum absolute atomic E-state index is 0.0123. The molecule has 6 nitrogen and oxygen atoms in total. The number of hydrogen-bond donors (Lipinski definition) is 1. The maximum atomic E-state index is 12.2. The van der Waals surface area contributed by atoms with Gasteiger partial charge < -0.3 is 19.5 Å². The van der Waals surface area contributed by atoms with Crippen molar-refractivity contribution in [3.8, 4) is 11.5 Å². The molecule has 1 atom stereocenters. The van der Waals surface area contributed by atoms with Gasteiger partial charge in [-0.15, -0.1) is 0 Å². The van der Waals surface area contributed by atoms with Crippen LogP contribution < -0.4 is 14.8 Å². The highest BCUT2D eigenvalue weighted by molar-refractivity contribution is 5.91. The molecule has 6 heteroatoms. The lowest BCUT2D eigenvalue weighted by Crippen LogP contribution is -2.46. The first kappa shape index (κ1) is 20.9. The summed E-state index contributed by atoms with van der Waals surface area (Å²) in [4.78, 5) is 14.6. The lowest BCUT2D eigenvalue weighted by molar-refractivity contribution is -0.117. The lowest BCUT2D eigenvalue weighted by Gasteiger charge is -2.33. The molecule has 0 aliphatic carbocycles. The summed E-state index contributed by atoms with van der Waals surface area (Å²) in [6.07, 6.45) is 3.24. The largest absolute Gasteiger partial charge is 0.497 e. The summed E-state index contributed by atoms with van der Waals surface area (Å²) in [5, 5.41) is 2.92. The zero-order valence-corrected chi connectivity index (χ0v) is 17.0. The molecule has 0 radical (unpaired) electrons. The number of carbonyl (C=O) groups is 1. The predicted molar refractivity (Wildman–Crippen MR) is 113 cm³/mol. The van der Waals surface area contributed by atoms with E-state index in [1.54, 1.807) is 26.4 Å². The van der Waals surface area contributed by atoms with E-state index in [-0.39, 0.29) is 12.0 Å². The number of amides is 1. The Labute approximate surface area is 172 Å². The highest BCUT2D eigenvalue weighted by Gasteiger charge is 2.20. The minimum atomic E-state index is -0.157. The molecule has 0 bridgehead atoms. The quantitative estimate of drug-likeness (QED) is 0.696. The Balaban J connectivity index is 1.48. The molecule has 1 saturated heterocycles. The maximum absolute atomic E-state index is 12.2. The molecule has 2 aromatic carbocycles. The van der Waals surface area contributed by atoms with Crippen LogP contribution in [-0.2, 0) is 16.1 Å². The molecule has 3 rings (SSSR count). The van der Waals surface area contributed by atoms with Gasteiger partial charge in [0.2, 0.25) is 5.91 Å². The van der Waals surface area contributed by atoms with Gasteiger partial charge in [0.15, 0.2) is 0 Å². The molecule has 1 unspecified atom stereocenters. The molecule has 0 aromatic heterocycles. The summed E-state index contributed by atoms with van der Waals surface area (Å²) in [6, 6.07) is 15.9. The smallest absolute Gasteiger partial charge is 0.244 e. The van der Waals surface area contributed by atoms with Gasteiger partial charge >= 0.3 is 0 Å². The number of rotatable bonds is 8. The predicted octanol–water partition coefficient (Wildman–Crippen LogP) is 2.73. The lowest BCUT2D eigenvalue weighted by atomic mass is 10.2. The summed E-state index contributed by atoms with van der Waals surface area (Å²) >= 11 is 0. The Morgan fingerprint density at radius 1 is 1.17 bits per heavy atom. The molecule has 1 heterocycles. The summed E-state index contributed by atoms with van der Waals surface area (Å²) in [5.41, 5.74) is 2.12. The second-order valence-electron chi connectivity index (χ2n) is 6.94. The van der Waals surface area contributed by atoms with Crippen molar-refractivity contribution in [2.24, 2.45) is 0 Å². The van der Waals surface area contributed by atoms with Crippen molar-refractivity contribution in [3.05, 3.63) is 65.7 Å². The van der Waals surface area contributed by atoms with Crippen molar-refractivity contribution in [2.45, 2.75) is 12.6 Å². The zero-order valence-electron chi connectivity index (χ0n) is 17.0. The molecule has 154 valence electrons. The van der Waals surface area contributed by atoms with Crippen molar-refractivity contribution >= 4 is 12.0 Å². The Bertz CT molecular complexity index is 801. The number of methoxy groups -OCH3 is 2. The zero-order chi connectivity index (χ0) is 20.5. The van der Waals surface area contributed by atoms with E-state index in [9.17, 15) is 4.79 Å². The Morgan fingerprint density at radius 2 is 1.90 bits per heavy atom. The van der Waals surface area contributed by atoms with E-state index in [0.29, 0.717) is 24.7 Å². The summed E-state index contributed by atoms with van der Waals surface area (Å²) < 4.78 is 16.3. The van der Waals surface area contributed by atoms with Gasteiger partial charge in [-0.25, -0.2) is 0 Å². The monoisotopic (exact) mass is 396 g/mol. The molecule has 2 aromatic rings. The van der Waals surface area contributed by atoms with Gasteiger partial charge in [-0.2, -0.15) is 0 Å². The number of nitrogens with one attached hydrogen (secondary N) is 1. The fourth-order valence-corrected chi connectivity index (χ4v) is 3.26. The van der Waals surface area contributed by atoms with Crippen molar-refractivity contribution in [3.63, 3.8) is 0 Å². The van der Waals surface area contributed by atoms with E-state index in [1.165, 1.54) is 11.6 Å². The van der Waals surface area contributed by atoms with Crippen LogP contribution in [0.4, 0.5) is 0 Å². The number of ether oxygens (including phenoxy) is 3. The first-order valence-electron chi connectivity index (χ1n) is 9.73. The first-order valence-corrected chi connectivity index (χ1v) is 9.73. The van der Waals surface area contributed by atoms with Crippen LogP contribution in [0.15, 0.2) is 54.6 Å². The van der Waals surface area contributed by atoms with E-state index < -0.39 is 0 Å². The van der Waals surface area contributed by atoms with Gasteiger partial charge in [0.25, 0.3) is 0 Å². The molecular weight excluding hydrogens is 368 g/mol. The summed E-state index contributed by atoms with van der Waals surface area (Å²) in [6.45, 7) is 3.75. The van der Waals surface area contributed by atoms with Crippen LogP contribution >= 0.6 is 0 Å². The summed E-state index contributed by atoms with van der Waals surface area (Å²) in [7, 11) is 3.19. The van der Waals surface area contributed by atoms with Crippen molar-refractivity contribution in [1.82, 2.24) is 10.2 Å². The normalized spacial score (nSPS) is 17.2. The maximum Gasteiger partial charge on any atom is 0.244 e. The SMILES string of the molecule is COc1cc(/C=C/C(=O)NCC2CN(Cc3ccccc3)CCO2)cc(OC)c1. The highest BCUT2D eigenvalue weighted by Crippen LogP contribution is 2.23. The molecule has 1 amide bonds. The molecule has 1 N–H and O–H groups in total. The van der Waals surface area contributed by atoms with Crippen LogP contribution in [0.3, 0.4) is 0 Å². The van der Waals surface area contributed by atoms with E-state index in [4.69, 9.17) is 14.2 Å². The van der Waals surface area contributed by atoms with E-state index >= 15 is 0 Å². The van der Waals surface area contributed by atoms with Crippen LogP contribution in [0.2, 0.25) is 0 Å².